The van der Waals surface area contributed by atoms with Gasteiger partial charge >= 0.3 is 5.97 Å². The van der Waals surface area contributed by atoms with Gasteiger partial charge in [0.15, 0.2) is 0 Å². The van der Waals surface area contributed by atoms with Crippen LogP contribution >= 0.6 is 0 Å². The van der Waals surface area contributed by atoms with E-state index < -0.39 is 12.1 Å². The highest BCUT2D eigenvalue weighted by Gasteiger charge is 2.20. The average Bonchev–Trinajstić information content (AvgIpc) is 3.27. The van der Waals surface area contributed by atoms with Gasteiger partial charge in [-0.25, -0.2) is 0 Å². The molecule has 0 rings (SSSR count). The zero-order chi connectivity index (χ0) is 45.1. The molecule has 0 spiro atoms. The molecule has 1 amide bonds. The second kappa shape index (κ2) is 51.7. The molecule has 364 valence electrons. The Hall–Kier alpha value is -1.92. The Morgan fingerprint density at radius 2 is 0.823 bits per heavy atom. The number of ether oxygens (including phenoxy) is 1. The van der Waals surface area contributed by atoms with Crippen LogP contribution in [0.15, 0.2) is 36.5 Å². The van der Waals surface area contributed by atoms with Crippen LogP contribution in [-0.2, 0) is 14.3 Å². The number of amides is 1. The van der Waals surface area contributed by atoms with E-state index >= 15 is 0 Å². The van der Waals surface area contributed by atoms with E-state index in [1.165, 1.54) is 199 Å². The van der Waals surface area contributed by atoms with Crippen LogP contribution in [0.25, 0.3) is 0 Å². The van der Waals surface area contributed by atoms with E-state index in [0.29, 0.717) is 25.9 Å². The zero-order valence-corrected chi connectivity index (χ0v) is 41.4. The summed E-state index contributed by atoms with van der Waals surface area (Å²) in [5, 5.41) is 23.1. The molecule has 6 heteroatoms. The van der Waals surface area contributed by atoms with Crippen molar-refractivity contribution in [3.05, 3.63) is 36.5 Å². The van der Waals surface area contributed by atoms with Crippen molar-refractivity contribution in [2.24, 2.45) is 0 Å². The van der Waals surface area contributed by atoms with Crippen molar-refractivity contribution in [3.8, 4) is 0 Å². The third kappa shape index (κ3) is 47.6. The first-order chi connectivity index (χ1) is 30.5. The van der Waals surface area contributed by atoms with Crippen molar-refractivity contribution in [1.82, 2.24) is 5.32 Å². The fourth-order valence-electron chi connectivity index (χ4n) is 8.18. The Labute approximate surface area is 385 Å². The minimum atomic E-state index is -0.668. The van der Waals surface area contributed by atoms with Gasteiger partial charge in [0, 0.05) is 12.8 Å². The lowest BCUT2D eigenvalue weighted by molar-refractivity contribution is -0.143. The number of carbonyl (C=O) groups is 2. The van der Waals surface area contributed by atoms with Gasteiger partial charge in [0.2, 0.25) is 5.91 Å². The van der Waals surface area contributed by atoms with Crippen LogP contribution in [0.4, 0.5) is 0 Å². The molecule has 0 saturated heterocycles. The number of nitrogens with one attached hydrogen (secondary N) is 1. The van der Waals surface area contributed by atoms with E-state index in [4.69, 9.17) is 4.74 Å². The molecule has 0 aromatic rings. The quantitative estimate of drug-likeness (QED) is 0.0321. The Balaban J connectivity index is 3.43. The number of hydrogen-bond donors (Lipinski definition) is 3. The number of allylic oxidation sites excluding steroid dienone is 6. The third-order valence-corrected chi connectivity index (χ3v) is 12.4. The smallest absolute Gasteiger partial charge is 0.305 e. The first-order valence-electron chi connectivity index (χ1n) is 27.2. The van der Waals surface area contributed by atoms with Crippen LogP contribution in [-0.4, -0.2) is 47.4 Å². The number of rotatable bonds is 50. The Morgan fingerprint density at radius 1 is 0.452 bits per heavy atom. The number of aliphatic hydroxyl groups is 2. The molecule has 2 unspecified atom stereocenters. The van der Waals surface area contributed by atoms with Gasteiger partial charge in [-0.2, -0.15) is 0 Å². The Morgan fingerprint density at radius 3 is 1.29 bits per heavy atom. The molecule has 0 fully saturated rings. The maximum absolute atomic E-state index is 12.4. The van der Waals surface area contributed by atoms with Gasteiger partial charge in [-0.05, 0) is 77.0 Å². The molecule has 62 heavy (non-hydrogen) atoms. The highest BCUT2D eigenvalue weighted by atomic mass is 16.5. The van der Waals surface area contributed by atoms with Crippen LogP contribution < -0.4 is 5.32 Å². The van der Waals surface area contributed by atoms with Crippen molar-refractivity contribution >= 4 is 11.9 Å². The molecule has 0 aliphatic carbocycles. The maximum Gasteiger partial charge on any atom is 0.305 e. The second-order valence-electron chi connectivity index (χ2n) is 18.6. The molecule has 0 aliphatic heterocycles. The number of unbranched alkanes of at least 4 members (excludes halogenated alkanes) is 33. The molecule has 0 bridgehead atoms. The normalized spacial score (nSPS) is 12.9. The van der Waals surface area contributed by atoms with Crippen molar-refractivity contribution in [1.29, 1.82) is 0 Å². The van der Waals surface area contributed by atoms with E-state index in [1.54, 1.807) is 0 Å². The SMILES string of the molecule is CCCC/C=C\C/C=C\CCCCCCCC(=O)OCCCCCCCCCCC/C=C\CCCCCCCCCC(=O)NC(CO)C(O)CCCCCCCCCCCCC. The van der Waals surface area contributed by atoms with E-state index in [0.717, 1.165) is 51.4 Å². The number of hydrogen-bond acceptors (Lipinski definition) is 5. The molecule has 6 nitrogen and oxygen atoms in total. The van der Waals surface area contributed by atoms with Crippen LogP contribution in [0.5, 0.6) is 0 Å². The fraction of sp³-hybridized carbons (Fsp3) is 0.857. The lowest BCUT2D eigenvalue weighted by atomic mass is 10.0. The summed E-state index contributed by atoms with van der Waals surface area (Å²) in [6.07, 6.45) is 62.7. The molecule has 0 saturated carbocycles. The van der Waals surface area contributed by atoms with Crippen molar-refractivity contribution in [2.75, 3.05) is 13.2 Å². The maximum atomic E-state index is 12.4. The molecule has 0 aromatic heterocycles. The first-order valence-corrected chi connectivity index (χ1v) is 27.2. The monoisotopic (exact) mass is 872 g/mol. The Bertz CT molecular complexity index is 1010. The standard InChI is InChI=1S/C56H105NO5/c1-3-5-7-9-11-13-15-16-26-30-34-38-42-46-50-56(61)62-51-47-43-39-35-31-27-24-22-20-18-17-19-21-23-25-29-33-37-41-45-49-55(60)57-53(52-58)54(59)48-44-40-36-32-28-14-12-10-8-6-4-2/h9,11,15-17,19,53-54,58-59H,3-8,10,12-14,18,20-52H2,1-2H3,(H,57,60)/b11-9-,16-15-,19-17-. The topological polar surface area (TPSA) is 95.9 Å². The summed E-state index contributed by atoms with van der Waals surface area (Å²) in [6, 6.07) is -0.547. The average molecular weight is 872 g/mol. The molecular weight excluding hydrogens is 767 g/mol. The molecule has 0 aliphatic rings. The van der Waals surface area contributed by atoms with Gasteiger partial charge in [0.1, 0.15) is 0 Å². The van der Waals surface area contributed by atoms with Crippen LogP contribution in [0.3, 0.4) is 0 Å². The Kier molecular flexibility index (Phi) is 50.1. The zero-order valence-electron chi connectivity index (χ0n) is 41.4. The summed E-state index contributed by atoms with van der Waals surface area (Å²) in [5.41, 5.74) is 0. The summed E-state index contributed by atoms with van der Waals surface area (Å²) in [4.78, 5) is 24.4. The molecule has 0 aromatic carbocycles. The van der Waals surface area contributed by atoms with E-state index in [9.17, 15) is 19.8 Å². The van der Waals surface area contributed by atoms with E-state index in [-0.39, 0.29) is 18.5 Å². The van der Waals surface area contributed by atoms with Gasteiger partial charge in [-0.3, -0.25) is 9.59 Å². The third-order valence-electron chi connectivity index (χ3n) is 12.4. The largest absolute Gasteiger partial charge is 0.466 e. The van der Waals surface area contributed by atoms with Gasteiger partial charge < -0.3 is 20.3 Å². The number of aliphatic hydroxyl groups excluding tert-OH is 2. The summed E-state index contributed by atoms with van der Waals surface area (Å²) in [5.74, 6) is -0.0544. The lowest BCUT2D eigenvalue weighted by Gasteiger charge is -2.22. The minimum Gasteiger partial charge on any atom is -0.466 e. The van der Waals surface area contributed by atoms with Crippen molar-refractivity contribution in [2.45, 2.75) is 296 Å². The highest BCUT2D eigenvalue weighted by Crippen LogP contribution is 2.16. The summed E-state index contributed by atoms with van der Waals surface area (Å²) >= 11 is 0. The molecule has 2 atom stereocenters. The van der Waals surface area contributed by atoms with Gasteiger partial charge in [0.25, 0.3) is 0 Å². The van der Waals surface area contributed by atoms with E-state index in [2.05, 4.69) is 55.6 Å². The summed E-state index contributed by atoms with van der Waals surface area (Å²) in [7, 11) is 0. The minimum absolute atomic E-state index is 0.00892. The summed E-state index contributed by atoms with van der Waals surface area (Å²) < 4.78 is 5.46. The van der Waals surface area contributed by atoms with Gasteiger partial charge in [0.05, 0.1) is 25.4 Å². The molecular formula is C56H105NO5. The van der Waals surface area contributed by atoms with Crippen molar-refractivity contribution < 1.29 is 24.5 Å². The predicted molar refractivity (Wildman–Crippen MR) is 269 cm³/mol. The van der Waals surface area contributed by atoms with Crippen LogP contribution in [0.1, 0.15) is 284 Å². The number of carbonyl (C=O) groups excluding carboxylic acids is 2. The van der Waals surface area contributed by atoms with Gasteiger partial charge in [-0.15, -0.1) is 0 Å². The highest BCUT2D eigenvalue weighted by molar-refractivity contribution is 5.76. The lowest BCUT2D eigenvalue weighted by Crippen LogP contribution is -2.45. The second-order valence-corrected chi connectivity index (χ2v) is 18.6. The predicted octanol–water partition coefficient (Wildman–Crippen LogP) is 16.5. The molecule has 0 radical (unpaired) electrons. The fourth-order valence-corrected chi connectivity index (χ4v) is 8.18. The van der Waals surface area contributed by atoms with Gasteiger partial charge in [-0.1, -0.05) is 230 Å². The first kappa shape index (κ1) is 60.1. The van der Waals surface area contributed by atoms with Crippen LogP contribution in [0, 0.1) is 0 Å². The van der Waals surface area contributed by atoms with Crippen LogP contribution in [0.2, 0.25) is 0 Å². The van der Waals surface area contributed by atoms with Crippen molar-refractivity contribution in [3.63, 3.8) is 0 Å². The molecule has 3 N–H and O–H groups in total. The molecule has 0 heterocycles. The number of esters is 1. The van der Waals surface area contributed by atoms with E-state index in [1.807, 2.05) is 0 Å². The summed E-state index contributed by atoms with van der Waals surface area (Å²) in [6.45, 7) is 4.88.